The summed E-state index contributed by atoms with van der Waals surface area (Å²) in [6.07, 6.45) is 2.54. The number of guanidine groups is 1. The number of nitrogens with one attached hydrogen (secondary N) is 1. The number of hydrogen-bond donors (Lipinski definition) is 1. The molecule has 2 rings (SSSR count). The second-order valence-corrected chi connectivity index (χ2v) is 7.53. The highest BCUT2D eigenvalue weighted by Gasteiger charge is 2.25. The van der Waals surface area contributed by atoms with Crippen LogP contribution < -0.4 is 5.32 Å². The maximum atomic E-state index is 11.9. The highest BCUT2D eigenvalue weighted by molar-refractivity contribution is 14.0. The summed E-state index contributed by atoms with van der Waals surface area (Å²) in [5, 5.41) is 3.45. The minimum absolute atomic E-state index is 0. The second kappa shape index (κ2) is 10.7. The number of carbonyl (C=O) groups is 1. The molecule has 1 aromatic carbocycles. The number of aliphatic imine (C=N–C) groups is 1. The molecular formula is C20H33IN4O. The van der Waals surface area contributed by atoms with Crippen molar-refractivity contribution in [2.45, 2.75) is 33.2 Å². The van der Waals surface area contributed by atoms with E-state index < -0.39 is 0 Å². The van der Waals surface area contributed by atoms with Gasteiger partial charge in [-0.15, -0.1) is 24.0 Å². The van der Waals surface area contributed by atoms with Crippen molar-refractivity contribution >= 4 is 35.8 Å². The van der Waals surface area contributed by atoms with Crippen LogP contribution in [0.5, 0.6) is 0 Å². The van der Waals surface area contributed by atoms with Crippen molar-refractivity contribution in [1.82, 2.24) is 15.1 Å². The van der Waals surface area contributed by atoms with Gasteiger partial charge in [0.05, 0.1) is 0 Å². The molecule has 0 aliphatic carbocycles. The highest BCUT2D eigenvalue weighted by atomic mass is 127. The van der Waals surface area contributed by atoms with Crippen LogP contribution in [0.4, 0.5) is 0 Å². The minimum atomic E-state index is 0. The van der Waals surface area contributed by atoms with Crippen LogP contribution in [0.3, 0.4) is 0 Å². The molecule has 5 nitrogen and oxygen atoms in total. The summed E-state index contributed by atoms with van der Waals surface area (Å²) in [5.41, 5.74) is 1.86. The molecular weight excluding hydrogens is 439 g/mol. The van der Waals surface area contributed by atoms with Crippen molar-refractivity contribution in [1.29, 1.82) is 0 Å². The first-order valence-electron chi connectivity index (χ1n) is 9.17. The van der Waals surface area contributed by atoms with Gasteiger partial charge in [0.1, 0.15) is 0 Å². The third kappa shape index (κ3) is 6.45. The molecule has 1 fully saturated rings. The monoisotopic (exact) mass is 472 g/mol. The molecule has 1 aromatic rings. The average Bonchev–Trinajstić information content (AvgIpc) is 3.02. The van der Waals surface area contributed by atoms with Gasteiger partial charge in [-0.2, -0.15) is 0 Å². The van der Waals surface area contributed by atoms with Crippen LogP contribution >= 0.6 is 24.0 Å². The van der Waals surface area contributed by atoms with Crippen molar-refractivity contribution < 1.29 is 4.79 Å². The molecule has 146 valence electrons. The van der Waals surface area contributed by atoms with E-state index in [1.807, 2.05) is 31.3 Å². The molecule has 1 atom stereocenters. The zero-order valence-corrected chi connectivity index (χ0v) is 19.0. The van der Waals surface area contributed by atoms with E-state index in [-0.39, 0.29) is 29.9 Å². The molecule has 0 spiro atoms. The van der Waals surface area contributed by atoms with Gasteiger partial charge in [0, 0.05) is 46.3 Å². The number of nitrogens with zero attached hydrogens (tertiary/aromatic N) is 3. The maximum absolute atomic E-state index is 11.9. The first-order valence-corrected chi connectivity index (χ1v) is 9.17. The van der Waals surface area contributed by atoms with Crippen LogP contribution in [-0.2, 0) is 6.54 Å². The predicted molar refractivity (Wildman–Crippen MR) is 119 cm³/mol. The Morgan fingerprint density at radius 3 is 2.50 bits per heavy atom. The van der Waals surface area contributed by atoms with E-state index in [1.54, 1.807) is 19.0 Å². The zero-order chi connectivity index (χ0) is 18.4. The summed E-state index contributed by atoms with van der Waals surface area (Å²) in [7, 11) is 5.38. The Kier molecular flexibility index (Phi) is 9.39. The lowest BCUT2D eigenvalue weighted by atomic mass is 9.97. The van der Waals surface area contributed by atoms with Gasteiger partial charge < -0.3 is 15.1 Å². The predicted octanol–water partition coefficient (Wildman–Crippen LogP) is 3.45. The van der Waals surface area contributed by atoms with Crippen molar-refractivity contribution in [3.63, 3.8) is 0 Å². The van der Waals surface area contributed by atoms with Gasteiger partial charge in [-0.25, -0.2) is 0 Å². The molecule has 1 amide bonds. The maximum Gasteiger partial charge on any atom is 0.253 e. The van der Waals surface area contributed by atoms with E-state index in [0.29, 0.717) is 12.1 Å². The number of benzene rings is 1. The SMILES string of the molecule is CN=C(NCc1ccc(C(=O)N(C)C)cc1)N1CCC(CC(C)C)C1.I. The molecule has 1 N–H and O–H groups in total. The van der Waals surface area contributed by atoms with E-state index in [1.165, 1.54) is 12.8 Å². The van der Waals surface area contributed by atoms with E-state index in [4.69, 9.17) is 0 Å². The summed E-state index contributed by atoms with van der Waals surface area (Å²) in [4.78, 5) is 20.3. The molecule has 1 unspecified atom stereocenters. The molecule has 26 heavy (non-hydrogen) atoms. The number of likely N-dealkylation sites (tertiary alicyclic amines) is 1. The van der Waals surface area contributed by atoms with Crippen LogP contribution in [0.1, 0.15) is 42.6 Å². The standard InChI is InChI=1S/C20H32N4O.HI/c1-15(2)12-17-10-11-24(14-17)20(21-3)22-13-16-6-8-18(9-7-16)19(25)23(4)5;/h6-9,15,17H,10-14H2,1-5H3,(H,21,22);1H. The third-order valence-electron chi connectivity index (χ3n) is 4.66. The fraction of sp³-hybridized carbons (Fsp3) is 0.600. The Bertz CT molecular complexity index is 598. The fourth-order valence-corrected chi connectivity index (χ4v) is 3.42. The van der Waals surface area contributed by atoms with Gasteiger partial charge >= 0.3 is 0 Å². The number of amides is 1. The van der Waals surface area contributed by atoms with Crippen molar-refractivity contribution in [3.8, 4) is 0 Å². The van der Waals surface area contributed by atoms with Gasteiger partial charge in [-0.05, 0) is 42.4 Å². The quantitative estimate of drug-likeness (QED) is 0.406. The number of halogens is 1. The van der Waals surface area contributed by atoms with E-state index in [9.17, 15) is 4.79 Å². The lowest BCUT2D eigenvalue weighted by Gasteiger charge is -2.22. The largest absolute Gasteiger partial charge is 0.352 e. The highest BCUT2D eigenvalue weighted by Crippen LogP contribution is 2.23. The molecule has 1 saturated heterocycles. The second-order valence-electron chi connectivity index (χ2n) is 7.53. The van der Waals surface area contributed by atoms with Gasteiger partial charge in [0.25, 0.3) is 5.91 Å². The van der Waals surface area contributed by atoms with Gasteiger partial charge in [0.2, 0.25) is 0 Å². The lowest BCUT2D eigenvalue weighted by molar-refractivity contribution is 0.0827. The molecule has 6 heteroatoms. The molecule has 1 aliphatic rings. The number of rotatable bonds is 5. The smallest absolute Gasteiger partial charge is 0.253 e. The lowest BCUT2D eigenvalue weighted by Crippen LogP contribution is -2.39. The van der Waals surface area contributed by atoms with Crippen molar-refractivity contribution in [2.75, 3.05) is 34.2 Å². The Hall–Kier alpha value is -1.31. The molecule has 0 radical (unpaired) electrons. The van der Waals surface area contributed by atoms with Crippen molar-refractivity contribution in [3.05, 3.63) is 35.4 Å². The molecule has 1 aliphatic heterocycles. The van der Waals surface area contributed by atoms with Crippen molar-refractivity contribution in [2.24, 2.45) is 16.8 Å². The molecule has 0 bridgehead atoms. The van der Waals surface area contributed by atoms with Crippen LogP contribution in [0.15, 0.2) is 29.3 Å². The third-order valence-corrected chi connectivity index (χ3v) is 4.66. The van der Waals surface area contributed by atoms with Gasteiger partial charge in [-0.3, -0.25) is 9.79 Å². The molecule has 0 aromatic heterocycles. The topological polar surface area (TPSA) is 47.9 Å². The minimum Gasteiger partial charge on any atom is -0.352 e. The first-order chi connectivity index (χ1) is 11.9. The Morgan fingerprint density at radius 1 is 1.31 bits per heavy atom. The van der Waals surface area contributed by atoms with Crippen LogP contribution in [0.25, 0.3) is 0 Å². The van der Waals surface area contributed by atoms with E-state index >= 15 is 0 Å². The summed E-state index contributed by atoms with van der Waals surface area (Å²) in [5.74, 6) is 2.53. The zero-order valence-electron chi connectivity index (χ0n) is 16.7. The summed E-state index contributed by atoms with van der Waals surface area (Å²) >= 11 is 0. The average molecular weight is 472 g/mol. The van der Waals surface area contributed by atoms with Gasteiger partial charge in [-0.1, -0.05) is 26.0 Å². The molecule has 0 saturated carbocycles. The normalized spacial score (nSPS) is 17.2. The van der Waals surface area contributed by atoms with Crippen LogP contribution in [-0.4, -0.2) is 55.9 Å². The Morgan fingerprint density at radius 2 is 1.96 bits per heavy atom. The first kappa shape index (κ1) is 22.7. The van der Waals surface area contributed by atoms with E-state index in [2.05, 4.69) is 29.1 Å². The Labute approximate surface area is 175 Å². The summed E-state index contributed by atoms with van der Waals surface area (Å²) < 4.78 is 0. The van der Waals surface area contributed by atoms with Crippen LogP contribution in [0, 0.1) is 11.8 Å². The van der Waals surface area contributed by atoms with E-state index in [0.717, 1.165) is 36.4 Å². The van der Waals surface area contributed by atoms with Crippen LogP contribution in [0.2, 0.25) is 0 Å². The fourth-order valence-electron chi connectivity index (χ4n) is 3.42. The Balaban J connectivity index is 0.00000338. The van der Waals surface area contributed by atoms with Gasteiger partial charge in [0.15, 0.2) is 5.96 Å². The summed E-state index contributed by atoms with van der Waals surface area (Å²) in [6.45, 7) is 7.47. The number of carbonyl (C=O) groups excluding carboxylic acids is 1. The number of hydrogen-bond acceptors (Lipinski definition) is 2. The molecule has 1 heterocycles. The summed E-state index contributed by atoms with van der Waals surface area (Å²) in [6, 6.07) is 7.78.